The van der Waals surface area contributed by atoms with Crippen molar-refractivity contribution in [3.05, 3.63) is 204 Å². The fraction of sp³-hybridized carbons (Fsp3) is 0.0488. The molecular weight excluding hydrogens is 663 g/mol. The average molecular weight is 689 g/mol. The molecule has 0 fully saturated rings. The van der Waals surface area contributed by atoms with Gasteiger partial charge in [0.15, 0.2) is 5.78 Å². The molecule has 0 N–H and O–H groups in total. The van der Waals surface area contributed by atoms with Gasteiger partial charge < -0.3 is 14.6 Å². The number of benzene rings is 4. The molecule has 48 heavy (non-hydrogen) atoms. The first-order valence-corrected chi connectivity index (χ1v) is 16.3. The van der Waals surface area contributed by atoms with Gasteiger partial charge in [0, 0.05) is 38.4 Å². The zero-order valence-corrected chi connectivity index (χ0v) is 27.8. The highest BCUT2D eigenvalue weighted by molar-refractivity contribution is 6.33. The van der Waals surface area contributed by atoms with E-state index in [2.05, 4.69) is 0 Å². The van der Waals surface area contributed by atoms with Gasteiger partial charge in [-0.05, 0) is 90.4 Å². The fourth-order valence-corrected chi connectivity index (χ4v) is 6.44. The lowest BCUT2D eigenvalue weighted by Crippen LogP contribution is -2.29. The van der Waals surface area contributed by atoms with Crippen LogP contribution in [0.4, 0.5) is 0 Å². The lowest BCUT2D eigenvalue weighted by atomic mass is 9.84. The van der Waals surface area contributed by atoms with Crippen molar-refractivity contribution in [2.45, 2.75) is 13.0 Å². The SMILES string of the molecule is Cc1ccccc1C1=CC(C=C2C(=O)C(C=C3C=C(c4ccccc4Cl)OC(c4ccccc4Cl)=C3)=C2[O-])=CC(c2ccccc2Cl)O1. The first-order chi connectivity index (χ1) is 23.3. The summed E-state index contributed by atoms with van der Waals surface area (Å²) in [6, 6.07) is 29.9. The Kier molecular flexibility index (Phi) is 8.72. The van der Waals surface area contributed by atoms with E-state index in [9.17, 15) is 9.90 Å². The molecule has 0 saturated heterocycles. The Balaban J connectivity index is 1.28. The highest BCUT2D eigenvalue weighted by Gasteiger charge is 2.28. The molecule has 0 saturated carbocycles. The van der Waals surface area contributed by atoms with E-state index in [1.54, 1.807) is 42.5 Å². The van der Waals surface area contributed by atoms with Gasteiger partial charge in [-0.15, -0.1) is 0 Å². The number of halogens is 3. The van der Waals surface area contributed by atoms with Gasteiger partial charge in [-0.1, -0.05) is 107 Å². The van der Waals surface area contributed by atoms with Crippen LogP contribution in [0, 0.1) is 6.92 Å². The summed E-state index contributed by atoms with van der Waals surface area (Å²) in [4.78, 5) is 13.6. The predicted octanol–water partition coefficient (Wildman–Crippen LogP) is 10.2. The molecule has 7 rings (SSSR count). The molecule has 0 radical (unpaired) electrons. The Bertz CT molecular complexity index is 2150. The molecule has 4 nitrogen and oxygen atoms in total. The summed E-state index contributed by atoms with van der Waals surface area (Å²) < 4.78 is 12.7. The van der Waals surface area contributed by atoms with E-state index < -0.39 is 6.10 Å². The van der Waals surface area contributed by atoms with Crippen molar-refractivity contribution in [2.24, 2.45) is 0 Å². The molecule has 236 valence electrons. The number of carbonyl (C=O) groups excluding carboxylic acids is 1. The minimum atomic E-state index is -0.523. The third kappa shape index (κ3) is 6.18. The van der Waals surface area contributed by atoms with Crippen LogP contribution in [0.2, 0.25) is 15.1 Å². The number of hydrogen-bond donors (Lipinski definition) is 0. The number of ether oxygens (including phenoxy) is 2. The van der Waals surface area contributed by atoms with Crippen LogP contribution in [-0.2, 0) is 14.3 Å². The maximum Gasteiger partial charge on any atom is 0.191 e. The zero-order chi connectivity index (χ0) is 33.4. The highest BCUT2D eigenvalue weighted by atomic mass is 35.5. The normalized spacial score (nSPS) is 18.2. The van der Waals surface area contributed by atoms with Gasteiger partial charge in [0.1, 0.15) is 23.4 Å². The molecule has 0 bridgehead atoms. The van der Waals surface area contributed by atoms with Crippen molar-refractivity contribution < 1.29 is 19.4 Å². The summed E-state index contributed by atoms with van der Waals surface area (Å²) in [5.41, 5.74) is 5.45. The molecule has 1 aliphatic carbocycles. The fourth-order valence-electron chi connectivity index (χ4n) is 5.74. The van der Waals surface area contributed by atoms with E-state index >= 15 is 0 Å². The van der Waals surface area contributed by atoms with Crippen LogP contribution in [-0.4, -0.2) is 5.78 Å². The standard InChI is InChI=1S/C41H27Cl3O4/c1-24-10-2-3-11-27(24)36-20-25(21-37(47-36)28-12-4-7-15-33(28)42)18-31-40(45)32(41(31)46)19-26-22-38(29-13-5-8-16-34(29)43)48-39(23-26)30-14-6-9-17-35(30)44/h2-23,37,45H,1H3/p-1. The second-order valence-corrected chi connectivity index (χ2v) is 12.6. The number of hydrogen-bond acceptors (Lipinski definition) is 4. The number of rotatable bonds is 6. The van der Waals surface area contributed by atoms with Crippen LogP contribution in [0.25, 0.3) is 17.3 Å². The number of carbonyl (C=O) groups is 1. The van der Waals surface area contributed by atoms with E-state index in [-0.39, 0.29) is 22.7 Å². The second-order valence-electron chi connectivity index (χ2n) is 11.4. The molecule has 2 heterocycles. The summed E-state index contributed by atoms with van der Waals surface area (Å²) in [6.07, 6.45) is 9.89. The largest absolute Gasteiger partial charge is 0.871 e. The number of aryl methyl sites for hydroxylation is 1. The third-order valence-electron chi connectivity index (χ3n) is 8.21. The Labute approximate surface area is 293 Å². The second kappa shape index (κ2) is 13.2. The lowest BCUT2D eigenvalue weighted by Gasteiger charge is -2.30. The van der Waals surface area contributed by atoms with Crippen molar-refractivity contribution in [1.29, 1.82) is 0 Å². The molecule has 0 aromatic heterocycles. The van der Waals surface area contributed by atoms with Gasteiger partial charge in [0.05, 0.1) is 10.0 Å². The van der Waals surface area contributed by atoms with Crippen molar-refractivity contribution in [3.63, 3.8) is 0 Å². The first-order valence-electron chi connectivity index (χ1n) is 15.2. The predicted molar refractivity (Wildman–Crippen MR) is 191 cm³/mol. The third-order valence-corrected chi connectivity index (χ3v) is 9.22. The van der Waals surface area contributed by atoms with Gasteiger partial charge in [0.2, 0.25) is 0 Å². The number of allylic oxidation sites excluding steroid dienone is 9. The van der Waals surface area contributed by atoms with Crippen molar-refractivity contribution >= 4 is 57.9 Å². The topological polar surface area (TPSA) is 58.6 Å². The number of Topliss-reactive ketones (excluding diaryl/α,β-unsaturated/α-hetero) is 1. The summed E-state index contributed by atoms with van der Waals surface area (Å²) in [5, 5.41) is 15.1. The Morgan fingerprint density at radius 1 is 0.667 bits per heavy atom. The quantitative estimate of drug-likeness (QED) is 0.189. The van der Waals surface area contributed by atoms with Gasteiger partial charge in [-0.3, -0.25) is 4.79 Å². The van der Waals surface area contributed by atoms with Crippen LogP contribution in [0.15, 0.2) is 162 Å². The van der Waals surface area contributed by atoms with Gasteiger partial charge >= 0.3 is 0 Å². The van der Waals surface area contributed by atoms with E-state index in [1.807, 2.05) is 97.9 Å². The zero-order valence-electron chi connectivity index (χ0n) is 25.5. The minimum Gasteiger partial charge on any atom is -0.871 e. The minimum absolute atomic E-state index is 0.0705. The molecule has 4 aromatic carbocycles. The van der Waals surface area contributed by atoms with Crippen LogP contribution >= 0.6 is 34.8 Å². The van der Waals surface area contributed by atoms with E-state index in [4.69, 9.17) is 44.3 Å². The summed E-state index contributed by atoms with van der Waals surface area (Å²) >= 11 is 19.6. The maximum atomic E-state index is 13.6. The molecule has 4 aromatic rings. The van der Waals surface area contributed by atoms with Crippen LogP contribution in [0.5, 0.6) is 0 Å². The van der Waals surface area contributed by atoms with Crippen LogP contribution < -0.4 is 5.11 Å². The van der Waals surface area contributed by atoms with E-state index in [0.717, 1.165) is 16.7 Å². The van der Waals surface area contributed by atoms with Crippen LogP contribution in [0.3, 0.4) is 0 Å². The van der Waals surface area contributed by atoms with E-state index in [0.29, 0.717) is 54.6 Å². The molecule has 0 amide bonds. The maximum absolute atomic E-state index is 13.6. The van der Waals surface area contributed by atoms with Crippen molar-refractivity contribution in [3.8, 4) is 0 Å². The molecule has 1 atom stereocenters. The molecule has 3 aliphatic rings. The smallest absolute Gasteiger partial charge is 0.191 e. The highest BCUT2D eigenvalue weighted by Crippen LogP contribution is 2.41. The molecule has 0 spiro atoms. The summed E-state index contributed by atoms with van der Waals surface area (Å²) in [6.45, 7) is 2.00. The summed E-state index contributed by atoms with van der Waals surface area (Å²) in [5.74, 6) is 0.840. The Morgan fingerprint density at radius 2 is 1.23 bits per heavy atom. The lowest BCUT2D eigenvalue weighted by molar-refractivity contribution is -0.300. The Hall–Kier alpha value is -5.00. The van der Waals surface area contributed by atoms with Crippen molar-refractivity contribution in [1.82, 2.24) is 0 Å². The van der Waals surface area contributed by atoms with Gasteiger partial charge in [-0.25, -0.2) is 0 Å². The average Bonchev–Trinajstić information content (AvgIpc) is 3.10. The summed E-state index contributed by atoms with van der Waals surface area (Å²) in [7, 11) is 0. The molecular formula is C41H26Cl3O4-. The number of ketones is 1. The van der Waals surface area contributed by atoms with Crippen molar-refractivity contribution in [2.75, 3.05) is 0 Å². The molecule has 1 unspecified atom stereocenters. The van der Waals surface area contributed by atoms with Gasteiger partial charge in [-0.2, -0.15) is 0 Å². The van der Waals surface area contributed by atoms with Crippen LogP contribution in [0.1, 0.15) is 33.9 Å². The Morgan fingerprint density at radius 3 is 1.81 bits per heavy atom. The molecule has 7 heteroatoms. The monoisotopic (exact) mass is 687 g/mol. The van der Waals surface area contributed by atoms with Gasteiger partial charge in [0.25, 0.3) is 0 Å². The first kappa shape index (κ1) is 31.6. The van der Waals surface area contributed by atoms with E-state index in [1.165, 1.54) is 0 Å². The molecule has 2 aliphatic heterocycles.